The highest BCUT2D eigenvalue weighted by atomic mass is 19.5. The summed E-state index contributed by atoms with van der Waals surface area (Å²) < 4.78 is 117. The highest BCUT2D eigenvalue weighted by Gasteiger charge is 2.21. The Hall–Kier alpha value is -0.725. The zero-order valence-electron chi connectivity index (χ0n) is 11.0. The molecular weight excluding hydrogens is 360 g/mol. The number of rotatable bonds is 0. The van der Waals surface area contributed by atoms with Gasteiger partial charge in [0.15, 0.2) is 0 Å². The van der Waals surface area contributed by atoms with Crippen molar-refractivity contribution in [2.75, 3.05) is 33.2 Å². The van der Waals surface area contributed by atoms with Crippen molar-refractivity contribution < 1.29 is 51.8 Å². The van der Waals surface area contributed by atoms with Gasteiger partial charge in [0.1, 0.15) is 0 Å². The Morgan fingerprint density at radius 2 is 0.783 bits per heavy atom. The third-order valence-electron chi connectivity index (χ3n) is 1.34. The van der Waals surface area contributed by atoms with Gasteiger partial charge in [-0.1, -0.05) is 7.43 Å². The Morgan fingerprint density at radius 3 is 0.870 bits per heavy atom. The third-order valence-corrected chi connectivity index (χ3v) is 1.34. The van der Waals surface area contributed by atoms with Gasteiger partial charge in [-0.05, 0) is 7.05 Å². The standard InChI is InChI=1S/C5H12N2.CH4.3BF4/c1-7-4-2-6-3-5-7;;3*2-1(3,4)5/h6H,2-5H2,1H3;1H4;;;/q;;3*-1. The molecule has 1 rings (SSSR count). The third kappa shape index (κ3) is 149. The average molecular weight is 377 g/mol. The van der Waals surface area contributed by atoms with E-state index in [1.807, 2.05) is 0 Å². The summed E-state index contributed by atoms with van der Waals surface area (Å²) >= 11 is 0. The Labute approximate surface area is 125 Å². The van der Waals surface area contributed by atoms with Crippen molar-refractivity contribution in [1.29, 1.82) is 0 Å². The second kappa shape index (κ2) is 13.7. The van der Waals surface area contributed by atoms with Crippen molar-refractivity contribution in [3.63, 3.8) is 0 Å². The molecule has 0 aromatic rings. The Bertz CT molecular complexity index is 202. The van der Waals surface area contributed by atoms with Crippen LogP contribution >= 0.6 is 0 Å². The molecule has 0 aromatic carbocycles. The van der Waals surface area contributed by atoms with E-state index in [-0.39, 0.29) is 7.43 Å². The van der Waals surface area contributed by atoms with Crippen LogP contribution in [0.15, 0.2) is 0 Å². The SMILES string of the molecule is C.CN1CCNCC1.F[B-](F)(F)F.F[B-](F)(F)F.F[B-](F)(F)F. The fraction of sp³-hybridized carbons (Fsp3) is 1.00. The maximum atomic E-state index is 9.75. The molecular formula is C6H16B3F12N2-3. The molecule has 1 saturated heterocycles. The van der Waals surface area contributed by atoms with Crippen molar-refractivity contribution >= 4 is 21.8 Å². The molecule has 1 heterocycles. The summed E-state index contributed by atoms with van der Waals surface area (Å²) in [5, 5.41) is 3.27. The lowest BCUT2D eigenvalue weighted by Gasteiger charge is -2.21. The van der Waals surface area contributed by atoms with Crippen LogP contribution in [0.25, 0.3) is 0 Å². The molecule has 1 aliphatic rings. The Kier molecular flexibility index (Phi) is 18.0. The van der Waals surface area contributed by atoms with Crippen LogP contribution in [0.2, 0.25) is 0 Å². The minimum absolute atomic E-state index is 0. The van der Waals surface area contributed by atoms with Gasteiger partial charge in [-0.2, -0.15) is 0 Å². The van der Waals surface area contributed by atoms with Gasteiger partial charge < -0.3 is 62.0 Å². The van der Waals surface area contributed by atoms with E-state index in [0.29, 0.717) is 0 Å². The van der Waals surface area contributed by atoms with Crippen LogP contribution in [-0.4, -0.2) is 59.9 Å². The average Bonchev–Trinajstić information content (AvgIpc) is 2.09. The van der Waals surface area contributed by atoms with Gasteiger partial charge in [-0.3, -0.25) is 0 Å². The number of nitrogens with one attached hydrogen (secondary N) is 1. The monoisotopic (exact) mass is 377 g/mol. The van der Waals surface area contributed by atoms with Crippen LogP contribution in [0.5, 0.6) is 0 Å². The van der Waals surface area contributed by atoms with E-state index >= 15 is 0 Å². The first kappa shape index (κ1) is 30.2. The van der Waals surface area contributed by atoms with Gasteiger partial charge in [0.05, 0.1) is 0 Å². The van der Waals surface area contributed by atoms with E-state index in [0.717, 1.165) is 13.1 Å². The van der Waals surface area contributed by atoms with Gasteiger partial charge in [0, 0.05) is 26.2 Å². The van der Waals surface area contributed by atoms with Gasteiger partial charge in [0.25, 0.3) is 0 Å². The number of hydrogen-bond donors (Lipinski definition) is 1. The molecule has 146 valence electrons. The van der Waals surface area contributed by atoms with E-state index in [1.54, 1.807) is 0 Å². The van der Waals surface area contributed by atoms with Gasteiger partial charge >= 0.3 is 21.8 Å². The Morgan fingerprint density at radius 1 is 0.609 bits per heavy atom. The minimum Gasteiger partial charge on any atom is -0.418 e. The second-order valence-corrected chi connectivity index (χ2v) is 3.54. The lowest BCUT2D eigenvalue weighted by Crippen LogP contribution is -2.40. The molecule has 1 N–H and O–H groups in total. The van der Waals surface area contributed by atoms with Crippen molar-refractivity contribution in [3.8, 4) is 0 Å². The van der Waals surface area contributed by atoms with Crippen molar-refractivity contribution in [2.45, 2.75) is 7.43 Å². The normalized spacial score (nSPS) is 15.5. The van der Waals surface area contributed by atoms with E-state index in [4.69, 9.17) is 0 Å². The fourth-order valence-corrected chi connectivity index (χ4v) is 0.777. The fourth-order valence-electron chi connectivity index (χ4n) is 0.777. The highest BCUT2D eigenvalue weighted by molar-refractivity contribution is 6.50. The summed E-state index contributed by atoms with van der Waals surface area (Å²) in [5.74, 6) is 0. The minimum atomic E-state index is -6.00. The summed E-state index contributed by atoms with van der Waals surface area (Å²) in [5.41, 5.74) is 0. The van der Waals surface area contributed by atoms with Gasteiger partial charge in [0.2, 0.25) is 0 Å². The van der Waals surface area contributed by atoms with Crippen LogP contribution in [0.1, 0.15) is 7.43 Å². The van der Waals surface area contributed by atoms with E-state index in [2.05, 4.69) is 17.3 Å². The summed E-state index contributed by atoms with van der Waals surface area (Å²) in [7, 11) is -15.8. The van der Waals surface area contributed by atoms with Crippen molar-refractivity contribution in [2.24, 2.45) is 0 Å². The molecule has 1 aliphatic heterocycles. The molecule has 17 heteroatoms. The van der Waals surface area contributed by atoms with Crippen LogP contribution in [-0.2, 0) is 0 Å². The maximum absolute atomic E-state index is 9.75. The summed E-state index contributed by atoms with van der Waals surface area (Å²) in [6.07, 6.45) is 0. The first-order valence-electron chi connectivity index (χ1n) is 5.41. The largest absolute Gasteiger partial charge is 0.673 e. The molecule has 0 aromatic heterocycles. The predicted molar refractivity (Wildman–Crippen MR) is 67.7 cm³/mol. The maximum Gasteiger partial charge on any atom is 0.673 e. The Balaban J connectivity index is -0.000000105. The second-order valence-electron chi connectivity index (χ2n) is 3.54. The molecule has 0 unspecified atom stereocenters. The zero-order chi connectivity index (χ0) is 18.6. The predicted octanol–water partition coefficient (Wildman–Crippen LogP) is 4.06. The number of hydrogen-bond acceptors (Lipinski definition) is 2. The van der Waals surface area contributed by atoms with Crippen LogP contribution < -0.4 is 5.32 Å². The molecule has 0 aliphatic carbocycles. The summed E-state index contributed by atoms with van der Waals surface area (Å²) in [4.78, 5) is 2.33. The number of nitrogens with zero attached hydrogens (tertiary/aromatic N) is 1. The van der Waals surface area contributed by atoms with Crippen molar-refractivity contribution in [3.05, 3.63) is 0 Å². The summed E-state index contributed by atoms with van der Waals surface area (Å²) in [6.45, 7) is 4.74. The molecule has 0 atom stereocenters. The molecule has 1 fully saturated rings. The lowest BCUT2D eigenvalue weighted by molar-refractivity contribution is 0.291. The van der Waals surface area contributed by atoms with E-state index < -0.39 is 21.8 Å². The van der Waals surface area contributed by atoms with Crippen molar-refractivity contribution in [1.82, 2.24) is 10.2 Å². The first-order valence-corrected chi connectivity index (χ1v) is 5.41. The number of likely N-dealkylation sites (N-methyl/N-ethyl adjacent to an activating group) is 1. The first-order chi connectivity index (χ1) is 9.39. The van der Waals surface area contributed by atoms with Crippen LogP contribution in [0.3, 0.4) is 0 Å². The van der Waals surface area contributed by atoms with Crippen LogP contribution in [0.4, 0.5) is 51.8 Å². The molecule has 0 radical (unpaired) electrons. The highest BCUT2D eigenvalue weighted by Crippen LogP contribution is 2.07. The lowest BCUT2D eigenvalue weighted by atomic mass is 10.3. The summed E-state index contributed by atoms with van der Waals surface area (Å²) in [6, 6.07) is 0. The molecule has 23 heavy (non-hydrogen) atoms. The zero-order valence-corrected chi connectivity index (χ0v) is 11.0. The van der Waals surface area contributed by atoms with Crippen LogP contribution in [0, 0.1) is 0 Å². The van der Waals surface area contributed by atoms with Gasteiger partial charge in [-0.15, -0.1) is 0 Å². The molecule has 2 nitrogen and oxygen atoms in total. The molecule has 0 bridgehead atoms. The topological polar surface area (TPSA) is 15.3 Å². The number of piperazine rings is 1. The van der Waals surface area contributed by atoms with E-state index in [9.17, 15) is 51.8 Å². The molecule has 0 spiro atoms. The molecule has 0 amide bonds. The van der Waals surface area contributed by atoms with E-state index in [1.165, 1.54) is 13.1 Å². The quantitative estimate of drug-likeness (QED) is 0.507. The van der Waals surface area contributed by atoms with Gasteiger partial charge in [-0.25, -0.2) is 0 Å². The number of halogens is 12. The smallest absolute Gasteiger partial charge is 0.418 e. The molecule has 0 saturated carbocycles.